The molecule has 0 aliphatic carbocycles. The summed E-state index contributed by atoms with van der Waals surface area (Å²) in [5, 5.41) is 0. The lowest BCUT2D eigenvalue weighted by Gasteiger charge is -2.45. The fourth-order valence-corrected chi connectivity index (χ4v) is 4.35. The van der Waals surface area contributed by atoms with E-state index in [4.69, 9.17) is 14.2 Å². The van der Waals surface area contributed by atoms with Crippen molar-refractivity contribution in [3.63, 3.8) is 0 Å². The van der Waals surface area contributed by atoms with Crippen molar-refractivity contribution >= 4 is 5.91 Å². The third-order valence-corrected chi connectivity index (χ3v) is 5.95. The zero-order valence-electron chi connectivity index (χ0n) is 16.7. The number of piperidine rings is 1. The predicted octanol–water partition coefficient (Wildman–Crippen LogP) is 3.11. The molecule has 28 heavy (non-hydrogen) atoms. The number of rotatable bonds is 3. The molecule has 148 valence electrons. The molecular formula is C22H26N2O4. The molecule has 4 rings (SSSR count). The molecule has 6 heteroatoms. The SMILES string of the molecule is COc1cc2c(cc1OC)C1(CCN(C(=O)c3cccnc3C)CC1)OCC2. The van der Waals surface area contributed by atoms with E-state index in [1.807, 2.05) is 24.0 Å². The first-order chi connectivity index (χ1) is 13.6. The maximum atomic E-state index is 12.9. The molecule has 1 saturated heterocycles. The average molecular weight is 382 g/mol. The van der Waals surface area contributed by atoms with Crippen LogP contribution < -0.4 is 9.47 Å². The molecule has 2 aliphatic heterocycles. The van der Waals surface area contributed by atoms with E-state index in [0.717, 1.165) is 36.5 Å². The van der Waals surface area contributed by atoms with Gasteiger partial charge in [-0.05, 0) is 61.6 Å². The van der Waals surface area contributed by atoms with Crippen LogP contribution in [0.25, 0.3) is 0 Å². The minimum absolute atomic E-state index is 0.0452. The highest BCUT2D eigenvalue weighted by molar-refractivity contribution is 5.95. The number of hydrogen-bond donors (Lipinski definition) is 0. The summed E-state index contributed by atoms with van der Waals surface area (Å²) in [6.07, 6.45) is 4.10. The quantitative estimate of drug-likeness (QED) is 0.816. The third-order valence-electron chi connectivity index (χ3n) is 5.95. The zero-order chi connectivity index (χ0) is 19.7. The van der Waals surface area contributed by atoms with E-state index < -0.39 is 0 Å². The van der Waals surface area contributed by atoms with Gasteiger partial charge in [-0.2, -0.15) is 0 Å². The highest BCUT2D eigenvalue weighted by Crippen LogP contribution is 2.45. The van der Waals surface area contributed by atoms with Gasteiger partial charge in [-0.25, -0.2) is 0 Å². The number of hydrogen-bond acceptors (Lipinski definition) is 5. The van der Waals surface area contributed by atoms with Gasteiger partial charge in [0.05, 0.1) is 32.0 Å². The normalized spacial score (nSPS) is 17.9. The Kier molecular flexibility index (Phi) is 4.98. The Bertz CT molecular complexity index is 888. The van der Waals surface area contributed by atoms with Crippen molar-refractivity contribution in [2.75, 3.05) is 33.9 Å². The van der Waals surface area contributed by atoms with Crippen LogP contribution in [0.2, 0.25) is 0 Å². The van der Waals surface area contributed by atoms with Crippen LogP contribution in [0, 0.1) is 6.92 Å². The largest absolute Gasteiger partial charge is 0.493 e. The molecule has 0 radical (unpaired) electrons. The summed E-state index contributed by atoms with van der Waals surface area (Å²) in [5.74, 6) is 1.51. The number of nitrogens with zero attached hydrogens (tertiary/aromatic N) is 2. The lowest BCUT2D eigenvalue weighted by atomic mass is 9.79. The molecule has 0 N–H and O–H groups in total. The van der Waals surface area contributed by atoms with Gasteiger partial charge >= 0.3 is 0 Å². The smallest absolute Gasteiger partial charge is 0.255 e. The van der Waals surface area contributed by atoms with E-state index >= 15 is 0 Å². The van der Waals surface area contributed by atoms with Gasteiger partial charge in [-0.1, -0.05) is 0 Å². The van der Waals surface area contributed by atoms with Crippen LogP contribution in [0.4, 0.5) is 0 Å². The second-order valence-electron chi connectivity index (χ2n) is 7.39. The summed E-state index contributed by atoms with van der Waals surface area (Å²) >= 11 is 0. The van der Waals surface area contributed by atoms with Crippen LogP contribution in [0.5, 0.6) is 11.5 Å². The monoisotopic (exact) mass is 382 g/mol. The van der Waals surface area contributed by atoms with E-state index in [9.17, 15) is 4.79 Å². The van der Waals surface area contributed by atoms with Gasteiger partial charge in [0.1, 0.15) is 0 Å². The van der Waals surface area contributed by atoms with Gasteiger partial charge in [0.2, 0.25) is 0 Å². The van der Waals surface area contributed by atoms with Crippen molar-refractivity contribution in [2.24, 2.45) is 0 Å². The molecule has 2 aliphatic rings. The van der Waals surface area contributed by atoms with Crippen molar-refractivity contribution < 1.29 is 19.0 Å². The Balaban J connectivity index is 1.58. The average Bonchev–Trinajstić information content (AvgIpc) is 2.73. The maximum Gasteiger partial charge on any atom is 0.255 e. The first-order valence-electron chi connectivity index (χ1n) is 9.68. The Morgan fingerprint density at radius 2 is 1.89 bits per heavy atom. The zero-order valence-corrected chi connectivity index (χ0v) is 16.7. The van der Waals surface area contributed by atoms with E-state index in [2.05, 4.69) is 17.1 Å². The third kappa shape index (κ3) is 3.11. The molecule has 0 bridgehead atoms. The molecular weight excluding hydrogens is 356 g/mol. The fraction of sp³-hybridized carbons (Fsp3) is 0.455. The first-order valence-corrected chi connectivity index (χ1v) is 9.68. The Hall–Kier alpha value is -2.60. The minimum Gasteiger partial charge on any atom is -0.493 e. The van der Waals surface area contributed by atoms with Gasteiger partial charge in [0.15, 0.2) is 11.5 Å². The number of fused-ring (bicyclic) bond motifs is 2. The van der Waals surface area contributed by atoms with Gasteiger partial charge in [0, 0.05) is 25.0 Å². The first kappa shape index (κ1) is 18.7. The summed E-state index contributed by atoms with van der Waals surface area (Å²) in [6, 6.07) is 7.77. The van der Waals surface area contributed by atoms with Crippen LogP contribution in [-0.4, -0.2) is 49.7 Å². The van der Waals surface area contributed by atoms with Crippen LogP contribution >= 0.6 is 0 Å². The van der Waals surface area contributed by atoms with E-state index in [0.29, 0.717) is 25.3 Å². The highest BCUT2D eigenvalue weighted by Gasteiger charge is 2.42. The second-order valence-corrected chi connectivity index (χ2v) is 7.39. The molecule has 1 amide bonds. The Morgan fingerprint density at radius 1 is 1.18 bits per heavy atom. The summed E-state index contributed by atoms with van der Waals surface area (Å²) in [4.78, 5) is 19.1. The standard InChI is InChI=1S/C22H26N2O4/c1-15-17(5-4-9-23-15)21(25)24-10-7-22(8-11-24)18-14-20(27-3)19(26-2)13-16(18)6-12-28-22/h4-5,9,13-14H,6-8,10-12H2,1-3H3. The van der Waals surface area contributed by atoms with Crippen LogP contribution in [0.1, 0.15) is 40.0 Å². The van der Waals surface area contributed by atoms with E-state index in [1.54, 1.807) is 20.4 Å². The van der Waals surface area contributed by atoms with Gasteiger partial charge < -0.3 is 19.1 Å². The number of methoxy groups -OCH3 is 2. The summed E-state index contributed by atoms with van der Waals surface area (Å²) in [6.45, 7) is 3.86. The minimum atomic E-state index is -0.367. The van der Waals surface area contributed by atoms with Gasteiger partial charge in [-0.3, -0.25) is 9.78 Å². The molecule has 1 spiro atoms. The summed E-state index contributed by atoms with van der Waals surface area (Å²) in [7, 11) is 3.31. The molecule has 2 aromatic rings. The second kappa shape index (κ2) is 7.43. The summed E-state index contributed by atoms with van der Waals surface area (Å²) < 4.78 is 17.3. The molecule has 0 unspecified atom stereocenters. The Labute approximate surface area is 165 Å². The van der Waals surface area contributed by atoms with Crippen molar-refractivity contribution in [1.29, 1.82) is 0 Å². The van der Waals surface area contributed by atoms with Gasteiger partial charge in [0.25, 0.3) is 5.91 Å². The number of aryl methyl sites for hydroxylation is 1. The van der Waals surface area contributed by atoms with Crippen LogP contribution in [0.15, 0.2) is 30.5 Å². The van der Waals surface area contributed by atoms with Crippen molar-refractivity contribution in [3.8, 4) is 11.5 Å². The molecule has 1 fully saturated rings. The van der Waals surface area contributed by atoms with Crippen LogP contribution in [0.3, 0.4) is 0 Å². The number of benzene rings is 1. The topological polar surface area (TPSA) is 60.9 Å². The number of aromatic nitrogens is 1. The van der Waals surface area contributed by atoms with Crippen molar-refractivity contribution in [1.82, 2.24) is 9.88 Å². The Morgan fingerprint density at radius 3 is 2.57 bits per heavy atom. The molecule has 3 heterocycles. The summed E-state index contributed by atoms with van der Waals surface area (Å²) in [5.41, 5.74) is 3.49. The fourth-order valence-electron chi connectivity index (χ4n) is 4.35. The van der Waals surface area contributed by atoms with Crippen molar-refractivity contribution in [2.45, 2.75) is 31.8 Å². The lowest BCUT2D eigenvalue weighted by molar-refractivity contribution is -0.0936. The van der Waals surface area contributed by atoms with Gasteiger partial charge in [-0.15, -0.1) is 0 Å². The maximum absolute atomic E-state index is 12.9. The molecule has 0 atom stereocenters. The molecule has 6 nitrogen and oxygen atoms in total. The van der Waals surface area contributed by atoms with E-state index in [1.165, 1.54) is 11.1 Å². The van der Waals surface area contributed by atoms with E-state index in [-0.39, 0.29) is 11.5 Å². The van der Waals surface area contributed by atoms with Crippen LogP contribution in [-0.2, 0) is 16.8 Å². The number of carbonyl (C=O) groups is 1. The number of ether oxygens (including phenoxy) is 3. The number of likely N-dealkylation sites (tertiary alicyclic amines) is 1. The number of pyridine rings is 1. The molecule has 0 saturated carbocycles. The number of amides is 1. The highest BCUT2D eigenvalue weighted by atomic mass is 16.5. The molecule has 1 aromatic carbocycles. The molecule has 1 aromatic heterocycles. The van der Waals surface area contributed by atoms with Crippen molar-refractivity contribution in [3.05, 3.63) is 52.8 Å². The predicted molar refractivity (Wildman–Crippen MR) is 105 cm³/mol. The lowest BCUT2D eigenvalue weighted by Crippen LogP contribution is -2.48. The number of carbonyl (C=O) groups excluding carboxylic acids is 1.